The first-order valence-electron chi connectivity index (χ1n) is 10.2. The molecule has 0 aliphatic heterocycles. The second-order valence-electron chi connectivity index (χ2n) is 11.9. The molecule has 13 atom stereocenters. The van der Waals surface area contributed by atoms with Gasteiger partial charge in [-0.1, -0.05) is 41.5 Å². The molecule has 0 aromatic carbocycles. The van der Waals surface area contributed by atoms with E-state index in [1.807, 2.05) is 0 Å². The summed E-state index contributed by atoms with van der Waals surface area (Å²) in [5, 5.41) is 0. The van der Waals surface area contributed by atoms with Gasteiger partial charge in [0.25, 0.3) is 0 Å². The fraction of sp³-hybridized carbons (Fsp3) is 1.00. The third-order valence-electron chi connectivity index (χ3n) is 13.6. The van der Waals surface area contributed by atoms with E-state index in [1.165, 1.54) is 5.92 Å². The van der Waals surface area contributed by atoms with Crippen molar-refractivity contribution in [2.45, 2.75) is 60.8 Å². The standard InChI is InChI=1S/C22H32/c1-10-9-13-15-17-16-14-11-7-8-12(11)19(14,3)21(16,5)22(17,6)20(15,4)18(10,13)2/h10-17H,7-9H2,1-6H3. The van der Waals surface area contributed by atoms with Gasteiger partial charge >= 0.3 is 0 Å². The molecule has 0 heterocycles. The molecule has 7 fully saturated rings. The zero-order valence-electron chi connectivity index (χ0n) is 15.2. The Balaban J connectivity index is 1.39. The minimum absolute atomic E-state index is 0.682. The van der Waals surface area contributed by atoms with Gasteiger partial charge in [0.15, 0.2) is 0 Å². The molecule has 0 nitrogen and oxygen atoms in total. The van der Waals surface area contributed by atoms with Crippen LogP contribution in [0.3, 0.4) is 0 Å². The SMILES string of the molecule is CC1CC2C3C4C5C6C7CCC7C6(C)C5(C)C4(C)C3(C)C12C. The maximum atomic E-state index is 2.77. The molecule has 7 saturated carbocycles. The molecule has 0 spiro atoms. The summed E-state index contributed by atoms with van der Waals surface area (Å²) in [5.41, 5.74) is 3.50. The lowest BCUT2D eigenvalue weighted by Crippen LogP contribution is -3.03. The van der Waals surface area contributed by atoms with Gasteiger partial charge in [0, 0.05) is 0 Å². The van der Waals surface area contributed by atoms with Crippen LogP contribution in [0, 0.1) is 74.4 Å². The van der Waals surface area contributed by atoms with Crippen molar-refractivity contribution in [1.82, 2.24) is 0 Å². The highest BCUT2D eigenvalue weighted by Gasteiger charge is 3.03. The Kier molecular flexibility index (Phi) is 1.45. The molecule has 13 unspecified atom stereocenters. The maximum absolute atomic E-state index is 2.77. The average Bonchev–Trinajstić information content (AvgIpc) is 2.47. The first-order valence-corrected chi connectivity index (χ1v) is 10.2. The Morgan fingerprint density at radius 3 is 1.86 bits per heavy atom. The Bertz CT molecular complexity index is 665. The van der Waals surface area contributed by atoms with Gasteiger partial charge in [-0.25, -0.2) is 0 Å². The van der Waals surface area contributed by atoms with Crippen LogP contribution in [-0.4, -0.2) is 0 Å². The zero-order chi connectivity index (χ0) is 15.2. The number of hydrogen-bond donors (Lipinski definition) is 0. The molecule has 7 aliphatic rings. The lowest BCUT2D eigenvalue weighted by molar-refractivity contribution is -0.600. The Labute approximate surface area is 135 Å². The van der Waals surface area contributed by atoms with Crippen LogP contribution in [0.15, 0.2) is 0 Å². The summed E-state index contributed by atoms with van der Waals surface area (Å²) in [7, 11) is 0. The molecule has 0 heteroatoms. The summed E-state index contributed by atoms with van der Waals surface area (Å²) in [6.45, 7) is 16.3. The molecule has 0 aromatic rings. The first-order chi connectivity index (χ1) is 10.2. The van der Waals surface area contributed by atoms with Crippen LogP contribution >= 0.6 is 0 Å². The average molecular weight is 296 g/mol. The molecule has 0 radical (unpaired) electrons. The Hall–Kier alpha value is 0. The second-order valence-corrected chi connectivity index (χ2v) is 11.9. The van der Waals surface area contributed by atoms with Gasteiger partial charge < -0.3 is 0 Å². The first kappa shape index (κ1) is 12.4. The van der Waals surface area contributed by atoms with Gasteiger partial charge in [0.2, 0.25) is 0 Å². The molecular weight excluding hydrogens is 264 g/mol. The predicted octanol–water partition coefficient (Wildman–Crippen LogP) is 5.23. The zero-order valence-corrected chi connectivity index (χ0v) is 15.2. The van der Waals surface area contributed by atoms with Crippen LogP contribution in [0.4, 0.5) is 0 Å². The van der Waals surface area contributed by atoms with Crippen molar-refractivity contribution in [2.24, 2.45) is 74.4 Å². The summed E-state index contributed by atoms with van der Waals surface area (Å²) in [4.78, 5) is 0. The molecule has 7 aliphatic carbocycles. The minimum Gasteiger partial charge on any atom is -0.0619 e. The van der Waals surface area contributed by atoms with E-state index in [1.54, 1.807) is 19.3 Å². The van der Waals surface area contributed by atoms with Crippen LogP contribution in [0.1, 0.15) is 60.8 Å². The lowest BCUT2D eigenvalue weighted by Gasteiger charge is -3.06. The summed E-state index contributed by atoms with van der Waals surface area (Å²) in [6, 6.07) is 0. The Morgan fingerprint density at radius 2 is 1.27 bits per heavy atom. The van der Waals surface area contributed by atoms with Gasteiger partial charge in [0.1, 0.15) is 0 Å². The van der Waals surface area contributed by atoms with E-state index in [9.17, 15) is 0 Å². The van der Waals surface area contributed by atoms with E-state index in [2.05, 4.69) is 41.5 Å². The van der Waals surface area contributed by atoms with Crippen molar-refractivity contribution in [3.8, 4) is 0 Å². The minimum atomic E-state index is 0.682. The van der Waals surface area contributed by atoms with Crippen LogP contribution in [0.2, 0.25) is 0 Å². The molecule has 0 aromatic heterocycles. The van der Waals surface area contributed by atoms with Crippen molar-refractivity contribution in [2.75, 3.05) is 0 Å². The normalized spacial score (nSPS) is 87.0. The Morgan fingerprint density at radius 1 is 0.636 bits per heavy atom. The topological polar surface area (TPSA) is 0 Å². The van der Waals surface area contributed by atoms with Gasteiger partial charge in [-0.05, 0) is 93.7 Å². The van der Waals surface area contributed by atoms with Crippen molar-refractivity contribution in [1.29, 1.82) is 0 Å². The van der Waals surface area contributed by atoms with Crippen molar-refractivity contribution in [3.63, 3.8) is 0 Å². The van der Waals surface area contributed by atoms with Crippen molar-refractivity contribution in [3.05, 3.63) is 0 Å². The lowest BCUT2D eigenvalue weighted by atomic mass is 8.97. The van der Waals surface area contributed by atoms with Crippen molar-refractivity contribution >= 4 is 0 Å². The van der Waals surface area contributed by atoms with Gasteiger partial charge in [-0.2, -0.15) is 0 Å². The molecule has 120 valence electrons. The smallest absolute Gasteiger partial charge is 0.0167 e. The molecule has 7 rings (SSSR count). The summed E-state index contributed by atoms with van der Waals surface area (Å²) in [5.74, 6) is 8.95. The van der Waals surface area contributed by atoms with E-state index < -0.39 is 0 Å². The van der Waals surface area contributed by atoms with Crippen LogP contribution < -0.4 is 0 Å². The van der Waals surface area contributed by atoms with Gasteiger partial charge in [-0.3, -0.25) is 0 Å². The highest BCUT2D eigenvalue weighted by atomic mass is 15.1. The monoisotopic (exact) mass is 296 g/mol. The number of rotatable bonds is 0. The number of hydrogen-bond acceptors (Lipinski definition) is 0. The third kappa shape index (κ3) is 0.586. The predicted molar refractivity (Wildman–Crippen MR) is 88.0 cm³/mol. The highest BCUT2D eigenvalue weighted by Crippen LogP contribution is 3.07. The molecule has 0 amide bonds. The van der Waals surface area contributed by atoms with E-state index in [0.29, 0.717) is 21.7 Å². The number of fused-ring (bicyclic) bond motifs is 16. The summed E-state index contributed by atoms with van der Waals surface area (Å²) < 4.78 is 0. The maximum Gasteiger partial charge on any atom is -0.0167 e. The van der Waals surface area contributed by atoms with Crippen molar-refractivity contribution < 1.29 is 0 Å². The quantitative estimate of drug-likeness (QED) is 0.537. The van der Waals surface area contributed by atoms with E-state index >= 15 is 0 Å². The molecule has 0 saturated heterocycles. The van der Waals surface area contributed by atoms with Crippen LogP contribution in [0.25, 0.3) is 0 Å². The van der Waals surface area contributed by atoms with E-state index in [-0.39, 0.29) is 0 Å². The van der Waals surface area contributed by atoms with Gasteiger partial charge in [0.05, 0.1) is 0 Å². The molecule has 0 bridgehead atoms. The van der Waals surface area contributed by atoms with Crippen LogP contribution in [-0.2, 0) is 0 Å². The largest absolute Gasteiger partial charge is 0.0619 e. The second kappa shape index (κ2) is 2.59. The molecular formula is C22H32. The fourth-order valence-electron chi connectivity index (χ4n) is 12.4. The van der Waals surface area contributed by atoms with Gasteiger partial charge in [-0.15, -0.1) is 0 Å². The summed E-state index contributed by atoms with van der Waals surface area (Å²) in [6.07, 6.45) is 4.71. The summed E-state index contributed by atoms with van der Waals surface area (Å²) >= 11 is 0. The third-order valence-corrected chi connectivity index (χ3v) is 13.6. The molecule has 0 N–H and O–H groups in total. The van der Waals surface area contributed by atoms with Crippen LogP contribution in [0.5, 0.6) is 0 Å². The van der Waals surface area contributed by atoms with E-state index in [0.717, 1.165) is 46.8 Å². The highest BCUT2D eigenvalue weighted by molar-refractivity contribution is 5.49. The fourth-order valence-corrected chi connectivity index (χ4v) is 12.4. The van der Waals surface area contributed by atoms with E-state index in [4.69, 9.17) is 0 Å². The molecule has 22 heavy (non-hydrogen) atoms.